The van der Waals surface area contributed by atoms with E-state index in [0.717, 1.165) is 33.3 Å². The lowest BCUT2D eigenvalue weighted by Crippen LogP contribution is -2.18. The Morgan fingerprint density at radius 1 is 1.04 bits per heavy atom. The summed E-state index contributed by atoms with van der Waals surface area (Å²) in [5.41, 5.74) is 2.56. The van der Waals surface area contributed by atoms with E-state index >= 15 is 0 Å². The van der Waals surface area contributed by atoms with E-state index in [1.165, 1.54) is 4.68 Å². The first-order valence-corrected chi connectivity index (χ1v) is 7.40. The van der Waals surface area contributed by atoms with Crippen LogP contribution in [0.2, 0.25) is 0 Å². The molecule has 0 spiro atoms. The summed E-state index contributed by atoms with van der Waals surface area (Å²) in [5.74, 6) is 0.821. The van der Waals surface area contributed by atoms with Crippen molar-refractivity contribution in [1.29, 1.82) is 0 Å². The molecule has 0 aliphatic heterocycles. The zero-order valence-electron chi connectivity index (χ0n) is 13.4. The number of aryl methyl sites for hydroxylation is 2. The molecule has 0 N–H and O–H groups in total. The molecule has 2 aromatic carbocycles. The van der Waals surface area contributed by atoms with Crippen molar-refractivity contribution in [3.05, 3.63) is 75.7 Å². The van der Waals surface area contributed by atoms with Gasteiger partial charge in [0.15, 0.2) is 0 Å². The van der Waals surface area contributed by atoms with Crippen molar-refractivity contribution >= 4 is 17.0 Å². The number of methoxy groups -OCH3 is 1. The SMILES string of the molecule is COc1ccc(/C=N/n2c(C)cc(C)cc2=O)c2ccccc12. The minimum atomic E-state index is -0.128. The van der Waals surface area contributed by atoms with E-state index in [0.29, 0.717) is 0 Å². The van der Waals surface area contributed by atoms with Gasteiger partial charge in [0.25, 0.3) is 5.56 Å². The van der Waals surface area contributed by atoms with Crippen LogP contribution in [-0.2, 0) is 0 Å². The Hall–Kier alpha value is -2.88. The van der Waals surface area contributed by atoms with Crippen LogP contribution in [0.25, 0.3) is 10.8 Å². The van der Waals surface area contributed by atoms with Gasteiger partial charge in [-0.3, -0.25) is 4.79 Å². The fourth-order valence-electron chi connectivity index (χ4n) is 2.72. The highest BCUT2D eigenvalue weighted by atomic mass is 16.5. The first-order chi connectivity index (χ1) is 11.1. The summed E-state index contributed by atoms with van der Waals surface area (Å²) in [7, 11) is 1.66. The molecule has 1 aromatic heterocycles. The van der Waals surface area contributed by atoms with Crippen LogP contribution in [0, 0.1) is 13.8 Å². The molecule has 1 heterocycles. The van der Waals surface area contributed by atoms with Crippen LogP contribution >= 0.6 is 0 Å². The third-order valence-electron chi connectivity index (χ3n) is 3.78. The Bertz CT molecular complexity index is 955. The zero-order valence-corrected chi connectivity index (χ0v) is 13.4. The third-order valence-corrected chi connectivity index (χ3v) is 3.78. The average Bonchev–Trinajstić information content (AvgIpc) is 2.53. The van der Waals surface area contributed by atoms with Crippen molar-refractivity contribution in [2.24, 2.45) is 5.10 Å². The monoisotopic (exact) mass is 306 g/mol. The standard InChI is InChI=1S/C19H18N2O2/c1-13-10-14(2)21(19(22)11-13)20-12-15-8-9-18(23-3)17-7-5-4-6-16(15)17/h4-12H,1-3H3/b20-12+. The quantitative estimate of drug-likeness (QED) is 0.695. The number of aromatic nitrogens is 1. The van der Waals surface area contributed by atoms with E-state index in [-0.39, 0.29) is 5.56 Å². The van der Waals surface area contributed by atoms with Crippen molar-refractivity contribution < 1.29 is 4.74 Å². The molecule has 0 aliphatic rings. The van der Waals surface area contributed by atoms with Gasteiger partial charge in [-0.15, -0.1) is 0 Å². The lowest BCUT2D eigenvalue weighted by atomic mass is 10.0. The van der Waals surface area contributed by atoms with Gasteiger partial charge in [0.1, 0.15) is 5.75 Å². The number of pyridine rings is 1. The van der Waals surface area contributed by atoms with E-state index in [1.807, 2.05) is 56.3 Å². The number of benzene rings is 2. The maximum Gasteiger partial charge on any atom is 0.271 e. The number of rotatable bonds is 3. The third kappa shape index (κ3) is 2.88. The maximum absolute atomic E-state index is 12.1. The highest BCUT2D eigenvalue weighted by Gasteiger charge is 2.05. The first-order valence-electron chi connectivity index (χ1n) is 7.40. The number of hydrogen-bond acceptors (Lipinski definition) is 3. The van der Waals surface area contributed by atoms with Crippen molar-refractivity contribution in [1.82, 2.24) is 4.68 Å². The molecule has 0 atom stereocenters. The Morgan fingerprint density at radius 3 is 2.48 bits per heavy atom. The van der Waals surface area contributed by atoms with Crippen LogP contribution in [0.5, 0.6) is 5.75 Å². The van der Waals surface area contributed by atoms with E-state index < -0.39 is 0 Å². The lowest BCUT2D eigenvalue weighted by Gasteiger charge is -2.08. The first kappa shape index (κ1) is 15.0. The van der Waals surface area contributed by atoms with Crippen LogP contribution in [0.4, 0.5) is 0 Å². The number of ether oxygens (including phenoxy) is 1. The molecule has 3 aromatic rings. The average molecular weight is 306 g/mol. The van der Waals surface area contributed by atoms with Crippen LogP contribution in [0.15, 0.2) is 58.4 Å². The molecule has 0 saturated heterocycles. The Kier molecular flexibility index (Phi) is 3.98. The molecule has 4 heteroatoms. The van der Waals surface area contributed by atoms with E-state index in [2.05, 4.69) is 5.10 Å². The normalized spacial score (nSPS) is 11.3. The molecule has 0 fully saturated rings. The van der Waals surface area contributed by atoms with Crippen LogP contribution < -0.4 is 10.3 Å². The van der Waals surface area contributed by atoms with Crippen molar-refractivity contribution in [2.75, 3.05) is 7.11 Å². The smallest absolute Gasteiger partial charge is 0.271 e. The van der Waals surface area contributed by atoms with Crippen LogP contribution in [0.3, 0.4) is 0 Å². The largest absolute Gasteiger partial charge is 0.496 e. The summed E-state index contributed by atoms with van der Waals surface area (Å²) < 4.78 is 6.81. The molecule has 0 unspecified atom stereocenters. The molecule has 0 aliphatic carbocycles. The van der Waals surface area contributed by atoms with Gasteiger partial charge < -0.3 is 4.74 Å². The van der Waals surface area contributed by atoms with E-state index in [9.17, 15) is 4.79 Å². The van der Waals surface area contributed by atoms with Gasteiger partial charge in [0.05, 0.1) is 13.3 Å². The predicted molar refractivity (Wildman–Crippen MR) is 93.7 cm³/mol. The molecule has 23 heavy (non-hydrogen) atoms. The second-order valence-corrected chi connectivity index (χ2v) is 5.47. The highest BCUT2D eigenvalue weighted by Crippen LogP contribution is 2.27. The summed E-state index contributed by atoms with van der Waals surface area (Å²) in [6, 6.07) is 15.3. The fourth-order valence-corrected chi connectivity index (χ4v) is 2.72. The molecule has 4 nitrogen and oxygen atoms in total. The summed E-state index contributed by atoms with van der Waals surface area (Å²) in [4.78, 5) is 12.1. The minimum Gasteiger partial charge on any atom is -0.496 e. The summed E-state index contributed by atoms with van der Waals surface area (Å²) in [6.07, 6.45) is 1.71. The Balaban J connectivity index is 2.11. The van der Waals surface area contributed by atoms with Crippen molar-refractivity contribution in [3.63, 3.8) is 0 Å². The van der Waals surface area contributed by atoms with E-state index in [4.69, 9.17) is 4.74 Å². The van der Waals surface area contributed by atoms with Gasteiger partial charge in [-0.2, -0.15) is 5.10 Å². The molecule has 0 bridgehead atoms. The van der Waals surface area contributed by atoms with Gasteiger partial charge in [-0.1, -0.05) is 24.3 Å². The summed E-state index contributed by atoms with van der Waals surface area (Å²) in [6.45, 7) is 3.78. The Morgan fingerprint density at radius 2 is 1.78 bits per heavy atom. The molecule has 3 rings (SSSR count). The molecule has 0 radical (unpaired) electrons. The number of hydrogen-bond donors (Lipinski definition) is 0. The number of fused-ring (bicyclic) bond motifs is 1. The van der Waals surface area contributed by atoms with Crippen molar-refractivity contribution in [2.45, 2.75) is 13.8 Å². The maximum atomic E-state index is 12.1. The summed E-state index contributed by atoms with van der Waals surface area (Å²) >= 11 is 0. The van der Waals surface area contributed by atoms with Crippen LogP contribution in [0.1, 0.15) is 16.8 Å². The second-order valence-electron chi connectivity index (χ2n) is 5.47. The highest BCUT2D eigenvalue weighted by molar-refractivity contribution is 6.02. The van der Waals surface area contributed by atoms with E-state index in [1.54, 1.807) is 19.4 Å². The Labute approximate surface area is 134 Å². The topological polar surface area (TPSA) is 43.6 Å². The van der Waals surface area contributed by atoms with Gasteiger partial charge in [-0.05, 0) is 43.0 Å². The molecule has 0 amide bonds. The number of nitrogens with zero attached hydrogens (tertiary/aromatic N) is 2. The van der Waals surface area contributed by atoms with Gasteiger partial charge in [-0.25, -0.2) is 4.68 Å². The summed E-state index contributed by atoms with van der Waals surface area (Å²) in [5, 5.41) is 6.42. The lowest BCUT2D eigenvalue weighted by molar-refractivity contribution is 0.420. The van der Waals surface area contributed by atoms with Gasteiger partial charge in [0.2, 0.25) is 0 Å². The fraction of sp³-hybridized carbons (Fsp3) is 0.158. The molecular formula is C19H18N2O2. The minimum absolute atomic E-state index is 0.128. The molecular weight excluding hydrogens is 288 g/mol. The van der Waals surface area contributed by atoms with Gasteiger partial charge >= 0.3 is 0 Å². The van der Waals surface area contributed by atoms with Gasteiger partial charge in [0, 0.05) is 22.7 Å². The second kappa shape index (κ2) is 6.08. The predicted octanol–water partition coefficient (Wildman–Crippen LogP) is 3.51. The zero-order chi connectivity index (χ0) is 16.4. The van der Waals surface area contributed by atoms with Crippen LogP contribution in [-0.4, -0.2) is 18.0 Å². The molecule has 0 saturated carbocycles. The molecule has 116 valence electrons. The van der Waals surface area contributed by atoms with Crippen molar-refractivity contribution in [3.8, 4) is 5.75 Å².